The molecule has 0 spiro atoms. The van der Waals surface area contributed by atoms with Gasteiger partial charge in [-0.15, -0.1) is 0 Å². The fourth-order valence-corrected chi connectivity index (χ4v) is 3.98. The van der Waals surface area contributed by atoms with Crippen LogP contribution in [0.2, 0.25) is 15.1 Å². The minimum Gasteiger partial charge on any atom is -0.292 e. The van der Waals surface area contributed by atoms with Crippen molar-refractivity contribution in [3.63, 3.8) is 0 Å². The lowest BCUT2D eigenvalue weighted by Crippen LogP contribution is -2.03. The Balaban J connectivity index is 2.11. The van der Waals surface area contributed by atoms with E-state index in [9.17, 15) is 4.79 Å². The first-order valence-electron chi connectivity index (χ1n) is 9.42. The summed E-state index contributed by atoms with van der Waals surface area (Å²) in [5, 5.41) is 6.31. The largest absolute Gasteiger partial charge is 0.292 e. The Labute approximate surface area is 189 Å². The molecule has 0 bridgehead atoms. The van der Waals surface area contributed by atoms with E-state index in [0.717, 1.165) is 22.4 Å². The van der Waals surface area contributed by atoms with Crippen LogP contribution in [0.1, 0.15) is 23.8 Å². The van der Waals surface area contributed by atoms with Crippen molar-refractivity contribution in [1.29, 1.82) is 0 Å². The molecule has 1 heterocycles. The maximum Gasteiger partial charge on any atom is 0.183 e. The zero-order valence-electron chi connectivity index (χ0n) is 16.1. The Bertz CT molecular complexity index is 1220. The van der Waals surface area contributed by atoms with Gasteiger partial charge in [-0.2, -0.15) is 5.10 Å². The zero-order valence-corrected chi connectivity index (χ0v) is 18.3. The predicted octanol–water partition coefficient (Wildman–Crippen LogP) is 7.76. The average Bonchev–Trinajstić information content (AvgIpc) is 3.14. The molecule has 0 aliphatic carbocycles. The van der Waals surface area contributed by atoms with Crippen LogP contribution in [0.15, 0.2) is 72.8 Å². The van der Waals surface area contributed by atoms with Crippen LogP contribution < -0.4 is 0 Å². The van der Waals surface area contributed by atoms with E-state index in [1.54, 1.807) is 22.9 Å². The summed E-state index contributed by atoms with van der Waals surface area (Å²) in [6.45, 7) is 1.83. The molecule has 30 heavy (non-hydrogen) atoms. The monoisotopic (exact) mass is 454 g/mol. The molecule has 3 nitrogen and oxygen atoms in total. The van der Waals surface area contributed by atoms with Gasteiger partial charge >= 0.3 is 0 Å². The Morgan fingerprint density at radius 1 is 0.867 bits per heavy atom. The van der Waals surface area contributed by atoms with Gasteiger partial charge in [0.05, 0.1) is 16.4 Å². The van der Waals surface area contributed by atoms with Gasteiger partial charge in [-0.3, -0.25) is 4.79 Å². The van der Waals surface area contributed by atoms with E-state index in [-0.39, 0.29) is 5.78 Å². The van der Waals surface area contributed by atoms with E-state index in [1.165, 1.54) is 0 Å². The van der Waals surface area contributed by atoms with Crippen molar-refractivity contribution in [2.75, 3.05) is 0 Å². The summed E-state index contributed by atoms with van der Waals surface area (Å²) in [5.74, 6) is -0.0482. The van der Waals surface area contributed by atoms with Crippen molar-refractivity contribution in [1.82, 2.24) is 9.78 Å². The molecular weight excluding hydrogens is 439 g/mol. The van der Waals surface area contributed by atoms with Gasteiger partial charge in [0.15, 0.2) is 5.78 Å². The van der Waals surface area contributed by atoms with Gasteiger partial charge in [0.1, 0.15) is 5.69 Å². The number of hydrogen-bond acceptors (Lipinski definition) is 2. The van der Waals surface area contributed by atoms with E-state index in [0.29, 0.717) is 32.9 Å². The van der Waals surface area contributed by atoms with Crippen LogP contribution in [0.3, 0.4) is 0 Å². The molecule has 0 atom stereocenters. The van der Waals surface area contributed by atoms with Gasteiger partial charge in [0.2, 0.25) is 0 Å². The Morgan fingerprint density at radius 3 is 2.17 bits per heavy atom. The number of carbonyl (C=O) groups excluding carboxylic acids is 1. The molecule has 150 valence electrons. The lowest BCUT2D eigenvalue weighted by molar-refractivity contribution is 0.0983. The van der Waals surface area contributed by atoms with Crippen molar-refractivity contribution >= 4 is 40.6 Å². The lowest BCUT2D eigenvalue weighted by atomic mass is 9.96. The molecule has 0 aliphatic rings. The molecule has 1 aromatic heterocycles. The summed E-state index contributed by atoms with van der Waals surface area (Å²) in [7, 11) is 0. The molecule has 0 aliphatic heterocycles. The van der Waals surface area contributed by atoms with Gasteiger partial charge in [-0.1, -0.05) is 84.2 Å². The smallest absolute Gasteiger partial charge is 0.183 e. The molecule has 0 saturated heterocycles. The van der Waals surface area contributed by atoms with Crippen molar-refractivity contribution in [3.05, 3.63) is 93.6 Å². The first-order chi connectivity index (χ1) is 14.5. The number of nitrogens with zero attached hydrogens (tertiary/aromatic N) is 2. The van der Waals surface area contributed by atoms with E-state index < -0.39 is 0 Å². The Morgan fingerprint density at radius 2 is 1.53 bits per heavy atom. The zero-order chi connectivity index (χ0) is 21.3. The third kappa shape index (κ3) is 3.89. The van der Waals surface area contributed by atoms with Gasteiger partial charge in [0, 0.05) is 27.6 Å². The maximum absolute atomic E-state index is 12.9. The Kier molecular flexibility index (Phi) is 5.96. The fourth-order valence-electron chi connectivity index (χ4n) is 3.36. The van der Waals surface area contributed by atoms with E-state index in [2.05, 4.69) is 0 Å². The van der Waals surface area contributed by atoms with Crippen molar-refractivity contribution in [2.45, 2.75) is 13.3 Å². The van der Waals surface area contributed by atoms with Gasteiger partial charge in [-0.25, -0.2) is 4.68 Å². The van der Waals surface area contributed by atoms with Crippen LogP contribution in [-0.2, 0) is 0 Å². The molecule has 0 fully saturated rings. The standard InChI is InChI=1S/C24H17Cl3N2O/c1-2-21(30)23-22(15-6-4-3-5-7-15)24(16-8-10-17(25)11-9-16)29(28-23)20-13-12-18(26)14-19(20)27/h3-14H,2H2,1H3. The molecule has 3 aromatic carbocycles. The number of hydrogen-bond donors (Lipinski definition) is 0. The molecule has 0 N–H and O–H groups in total. The van der Waals surface area contributed by atoms with Crippen molar-refractivity contribution in [3.8, 4) is 28.1 Å². The lowest BCUT2D eigenvalue weighted by Gasteiger charge is -2.12. The summed E-state index contributed by atoms with van der Waals surface area (Å²) in [5.41, 5.74) is 4.33. The topological polar surface area (TPSA) is 34.9 Å². The van der Waals surface area contributed by atoms with Crippen molar-refractivity contribution in [2.24, 2.45) is 0 Å². The normalized spacial score (nSPS) is 10.9. The van der Waals surface area contributed by atoms with Gasteiger partial charge in [-0.05, 0) is 35.9 Å². The van der Waals surface area contributed by atoms with Crippen LogP contribution in [0, 0.1) is 0 Å². The molecular formula is C24H17Cl3N2O. The molecule has 0 unspecified atom stereocenters. The summed E-state index contributed by atoms with van der Waals surface area (Å²) in [6.07, 6.45) is 0.339. The van der Waals surface area contributed by atoms with E-state index in [4.69, 9.17) is 39.9 Å². The van der Waals surface area contributed by atoms with E-state index in [1.807, 2.05) is 61.5 Å². The second-order valence-corrected chi connectivity index (χ2v) is 8.01. The number of ketones is 1. The number of Topliss-reactive ketones (excluding diaryl/α,β-unsaturated/α-hetero) is 1. The highest BCUT2D eigenvalue weighted by Gasteiger charge is 2.26. The Hall–Kier alpha value is -2.59. The summed E-state index contributed by atoms with van der Waals surface area (Å²) < 4.78 is 1.72. The van der Waals surface area contributed by atoms with Gasteiger partial charge < -0.3 is 0 Å². The van der Waals surface area contributed by atoms with Gasteiger partial charge in [0.25, 0.3) is 0 Å². The highest BCUT2D eigenvalue weighted by Crippen LogP contribution is 2.39. The average molecular weight is 456 g/mol. The second-order valence-electron chi connectivity index (χ2n) is 6.73. The number of halogens is 3. The predicted molar refractivity (Wildman–Crippen MR) is 124 cm³/mol. The van der Waals surface area contributed by atoms with Crippen LogP contribution in [0.5, 0.6) is 0 Å². The van der Waals surface area contributed by atoms with Crippen LogP contribution >= 0.6 is 34.8 Å². The molecule has 0 saturated carbocycles. The maximum atomic E-state index is 12.9. The minimum absolute atomic E-state index is 0.0482. The minimum atomic E-state index is -0.0482. The molecule has 6 heteroatoms. The third-order valence-electron chi connectivity index (χ3n) is 4.79. The number of rotatable bonds is 5. The molecule has 4 rings (SSSR count). The fraction of sp³-hybridized carbons (Fsp3) is 0.0833. The third-order valence-corrected chi connectivity index (χ3v) is 5.58. The first-order valence-corrected chi connectivity index (χ1v) is 10.6. The van der Waals surface area contributed by atoms with Crippen LogP contribution in [0.25, 0.3) is 28.1 Å². The second kappa shape index (κ2) is 8.65. The highest BCUT2D eigenvalue weighted by atomic mass is 35.5. The van der Waals surface area contributed by atoms with Crippen molar-refractivity contribution < 1.29 is 4.79 Å². The quantitative estimate of drug-likeness (QED) is 0.288. The summed E-state index contributed by atoms with van der Waals surface area (Å²) in [4.78, 5) is 12.9. The number of carbonyl (C=O) groups is 1. The first kappa shape index (κ1) is 20.7. The molecule has 4 aromatic rings. The van der Waals surface area contributed by atoms with Crippen LogP contribution in [-0.4, -0.2) is 15.6 Å². The SMILES string of the molecule is CCC(=O)c1nn(-c2ccc(Cl)cc2Cl)c(-c2ccc(Cl)cc2)c1-c1ccccc1. The molecule has 0 amide bonds. The highest BCUT2D eigenvalue weighted by molar-refractivity contribution is 6.35. The molecule has 0 radical (unpaired) electrons. The van der Waals surface area contributed by atoms with E-state index >= 15 is 0 Å². The number of aromatic nitrogens is 2. The van der Waals surface area contributed by atoms with Crippen LogP contribution in [0.4, 0.5) is 0 Å². The summed E-state index contributed by atoms with van der Waals surface area (Å²) >= 11 is 18.7. The number of benzene rings is 3. The summed E-state index contributed by atoms with van der Waals surface area (Å²) in [6, 6.07) is 22.4.